The first kappa shape index (κ1) is 14.0. The minimum absolute atomic E-state index is 0.867. The Bertz CT molecular complexity index is 296. The Morgan fingerprint density at radius 1 is 1.47 bits per heavy atom. The fraction of sp³-hybridized carbons (Fsp3) is 0.667. The van der Waals surface area contributed by atoms with Crippen LogP contribution in [0.4, 0.5) is 0 Å². The highest BCUT2D eigenvalue weighted by atomic mass is 127. The van der Waals surface area contributed by atoms with Crippen molar-refractivity contribution in [1.29, 1.82) is 0 Å². The molecule has 0 aliphatic carbocycles. The van der Waals surface area contributed by atoms with Crippen LogP contribution >= 0.6 is 49.9 Å². The second-order valence-corrected chi connectivity index (χ2v) is 8.23. The molecule has 1 heterocycles. The summed E-state index contributed by atoms with van der Waals surface area (Å²) in [5.41, 5.74) is 1.51. The van der Waals surface area contributed by atoms with Crippen molar-refractivity contribution in [3.8, 4) is 0 Å². The van der Waals surface area contributed by atoms with Crippen molar-refractivity contribution in [3.05, 3.63) is 18.3 Å². The summed E-state index contributed by atoms with van der Waals surface area (Å²) in [6.07, 6.45) is 6.62. The standard InChI is InChI=1S/C12H18BrIS/c1-3-5-6-9(4-2)7-10-8-11(14)15-12(10)13/h8-9H,3-7H2,1-2H3/t9-/m1/s1. The molecule has 1 atom stereocenters. The third-order valence-corrected chi connectivity index (χ3v) is 5.50. The topological polar surface area (TPSA) is 0 Å². The van der Waals surface area contributed by atoms with E-state index in [0.717, 1.165) is 5.92 Å². The molecular weight excluding hydrogens is 383 g/mol. The van der Waals surface area contributed by atoms with E-state index >= 15 is 0 Å². The van der Waals surface area contributed by atoms with Crippen LogP contribution in [-0.4, -0.2) is 0 Å². The molecule has 0 aromatic carbocycles. The Balaban J connectivity index is 2.54. The molecule has 1 aromatic heterocycles. The molecular formula is C12H18BrIS. The molecule has 0 radical (unpaired) electrons. The van der Waals surface area contributed by atoms with Crippen molar-refractivity contribution in [3.63, 3.8) is 0 Å². The van der Waals surface area contributed by atoms with Gasteiger partial charge in [0, 0.05) is 0 Å². The summed E-state index contributed by atoms with van der Waals surface area (Å²) in [6, 6.07) is 2.32. The minimum Gasteiger partial charge on any atom is -0.122 e. The van der Waals surface area contributed by atoms with Crippen LogP contribution in [0.2, 0.25) is 0 Å². The molecule has 0 unspecified atom stereocenters. The highest BCUT2D eigenvalue weighted by Crippen LogP contribution is 2.32. The summed E-state index contributed by atoms with van der Waals surface area (Å²) in [5.74, 6) is 0.867. The van der Waals surface area contributed by atoms with Crippen LogP contribution in [0, 0.1) is 8.80 Å². The molecule has 86 valence electrons. The van der Waals surface area contributed by atoms with E-state index in [1.54, 1.807) is 0 Å². The Morgan fingerprint density at radius 3 is 2.67 bits per heavy atom. The van der Waals surface area contributed by atoms with Gasteiger partial charge in [-0.1, -0.05) is 39.5 Å². The van der Waals surface area contributed by atoms with Gasteiger partial charge in [0.2, 0.25) is 0 Å². The van der Waals surface area contributed by atoms with E-state index in [2.05, 4.69) is 58.4 Å². The van der Waals surface area contributed by atoms with Crippen molar-refractivity contribution in [2.24, 2.45) is 5.92 Å². The van der Waals surface area contributed by atoms with Gasteiger partial charge in [-0.25, -0.2) is 0 Å². The molecule has 0 nitrogen and oxygen atoms in total. The summed E-state index contributed by atoms with van der Waals surface area (Å²) in [7, 11) is 0. The summed E-state index contributed by atoms with van der Waals surface area (Å²) >= 11 is 7.91. The van der Waals surface area contributed by atoms with E-state index in [-0.39, 0.29) is 0 Å². The van der Waals surface area contributed by atoms with Crippen LogP contribution in [0.25, 0.3) is 0 Å². The zero-order valence-electron chi connectivity index (χ0n) is 9.35. The van der Waals surface area contributed by atoms with Crippen LogP contribution in [0.3, 0.4) is 0 Å². The Kier molecular flexibility index (Phi) is 6.78. The van der Waals surface area contributed by atoms with Gasteiger partial charge < -0.3 is 0 Å². The largest absolute Gasteiger partial charge is 0.122 e. The fourth-order valence-electron chi connectivity index (χ4n) is 1.77. The normalized spacial score (nSPS) is 13.1. The van der Waals surface area contributed by atoms with Gasteiger partial charge in [0.05, 0.1) is 6.67 Å². The van der Waals surface area contributed by atoms with Crippen LogP contribution < -0.4 is 0 Å². The number of thiophene rings is 1. The first-order valence-corrected chi connectivity index (χ1v) is 8.29. The molecule has 0 saturated heterocycles. The highest BCUT2D eigenvalue weighted by molar-refractivity contribution is 14.1. The van der Waals surface area contributed by atoms with Gasteiger partial charge >= 0.3 is 0 Å². The summed E-state index contributed by atoms with van der Waals surface area (Å²) in [4.78, 5) is 0. The third kappa shape index (κ3) is 4.73. The van der Waals surface area contributed by atoms with Crippen LogP contribution in [0.15, 0.2) is 9.85 Å². The van der Waals surface area contributed by atoms with E-state index in [1.807, 2.05) is 11.3 Å². The molecule has 0 N–H and O–H groups in total. The van der Waals surface area contributed by atoms with Gasteiger partial charge in [0.1, 0.15) is 0 Å². The summed E-state index contributed by atoms with van der Waals surface area (Å²) < 4.78 is 2.72. The average Bonchev–Trinajstić information content (AvgIpc) is 2.52. The quantitative estimate of drug-likeness (QED) is 0.523. The molecule has 0 aliphatic rings. The molecule has 15 heavy (non-hydrogen) atoms. The van der Waals surface area contributed by atoms with Gasteiger partial charge in [-0.05, 0) is 62.5 Å². The van der Waals surface area contributed by atoms with Crippen molar-refractivity contribution in [2.75, 3.05) is 0 Å². The molecule has 1 rings (SSSR count). The fourth-order valence-corrected chi connectivity index (χ4v) is 5.16. The lowest BCUT2D eigenvalue weighted by Gasteiger charge is -2.13. The smallest absolute Gasteiger partial charge is 0.0741 e. The maximum Gasteiger partial charge on any atom is 0.0741 e. The van der Waals surface area contributed by atoms with Crippen LogP contribution in [0.5, 0.6) is 0 Å². The van der Waals surface area contributed by atoms with Crippen molar-refractivity contribution >= 4 is 49.9 Å². The number of hydrogen-bond donors (Lipinski definition) is 0. The van der Waals surface area contributed by atoms with Crippen molar-refractivity contribution in [2.45, 2.75) is 46.0 Å². The molecule has 3 heteroatoms. The summed E-state index contributed by atoms with van der Waals surface area (Å²) in [5, 5.41) is 0. The predicted octanol–water partition coefficient (Wildman–Crippen LogP) is 5.87. The second kappa shape index (κ2) is 7.28. The van der Waals surface area contributed by atoms with Crippen LogP contribution in [0.1, 0.15) is 45.1 Å². The number of halogens is 2. The SMILES string of the molecule is CCCC[C@@H](CC)Cc1cc(I)sc1Br. The number of unbranched alkanes of at least 4 members (excludes halogenated alkanes) is 1. The van der Waals surface area contributed by atoms with E-state index in [1.165, 1.54) is 44.3 Å². The Labute approximate surface area is 119 Å². The molecule has 0 saturated carbocycles. The maximum absolute atomic E-state index is 3.66. The van der Waals surface area contributed by atoms with Crippen molar-refractivity contribution < 1.29 is 0 Å². The van der Waals surface area contributed by atoms with Gasteiger partial charge in [0.25, 0.3) is 0 Å². The molecule has 0 aliphatic heterocycles. The van der Waals surface area contributed by atoms with Crippen molar-refractivity contribution in [1.82, 2.24) is 0 Å². The predicted molar refractivity (Wildman–Crippen MR) is 81.7 cm³/mol. The molecule has 0 bridgehead atoms. The van der Waals surface area contributed by atoms with E-state index in [0.29, 0.717) is 0 Å². The minimum atomic E-state index is 0.867. The van der Waals surface area contributed by atoms with Gasteiger partial charge in [-0.2, -0.15) is 0 Å². The lowest BCUT2D eigenvalue weighted by Crippen LogP contribution is -2.02. The Morgan fingerprint density at radius 2 is 2.20 bits per heavy atom. The second-order valence-electron chi connectivity index (χ2n) is 3.97. The van der Waals surface area contributed by atoms with Gasteiger partial charge in [-0.15, -0.1) is 11.3 Å². The molecule has 0 spiro atoms. The van der Waals surface area contributed by atoms with E-state index in [4.69, 9.17) is 0 Å². The zero-order chi connectivity index (χ0) is 11.3. The Hall–Kier alpha value is 0.910. The number of hydrogen-bond acceptors (Lipinski definition) is 1. The molecule has 0 amide bonds. The average molecular weight is 401 g/mol. The third-order valence-electron chi connectivity index (χ3n) is 2.78. The van der Waals surface area contributed by atoms with Gasteiger partial charge in [0.15, 0.2) is 0 Å². The van der Waals surface area contributed by atoms with E-state index in [9.17, 15) is 0 Å². The lowest BCUT2D eigenvalue weighted by atomic mass is 9.93. The van der Waals surface area contributed by atoms with Crippen LogP contribution in [-0.2, 0) is 6.42 Å². The van der Waals surface area contributed by atoms with Gasteiger partial charge in [-0.3, -0.25) is 0 Å². The molecule has 1 aromatic rings. The maximum atomic E-state index is 3.66. The zero-order valence-corrected chi connectivity index (χ0v) is 13.9. The number of rotatable bonds is 6. The monoisotopic (exact) mass is 400 g/mol. The first-order chi connectivity index (χ1) is 7.17. The lowest BCUT2D eigenvalue weighted by molar-refractivity contribution is 0.449. The first-order valence-electron chi connectivity index (χ1n) is 5.61. The summed E-state index contributed by atoms with van der Waals surface area (Å²) in [6.45, 7) is 4.59. The van der Waals surface area contributed by atoms with E-state index < -0.39 is 0 Å². The highest BCUT2D eigenvalue weighted by Gasteiger charge is 2.11. The molecule has 0 fully saturated rings.